The second-order valence-electron chi connectivity index (χ2n) is 4.90. The first kappa shape index (κ1) is 12.7. The van der Waals surface area contributed by atoms with E-state index in [1.165, 1.54) is 6.07 Å². The lowest BCUT2D eigenvalue weighted by molar-refractivity contribution is 0.377. The number of hydrogen-bond acceptors (Lipinski definition) is 1. The summed E-state index contributed by atoms with van der Waals surface area (Å²) < 4.78 is 14.2. The highest BCUT2D eigenvalue weighted by Crippen LogP contribution is 2.16. The van der Waals surface area contributed by atoms with Gasteiger partial charge in [0.1, 0.15) is 5.82 Å². The van der Waals surface area contributed by atoms with Crippen molar-refractivity contribution in [2.45, 2.75) is 27.3 Å². The van der Waals surface area contributed by atoms with Gasteiger partial charge in [-0.3, -0.25) is 0 Å². The van der Waals surface area contributed by atoms with Crippen molar-refractivity contribution in [3.8, 4) is 0 Å². The summed E-state index contributed by atoms with van der Waals surface area (Å²) in [6.07, 6.45) is 0. The predicted molar refractivity (Wildman–Crippen MR) is 65.3 cm³/mol. The molecule has 1 rings (SSSR count). The molecule has 0 amide bonds. The van der Waals surface area contributed by atoms with Crippen LogP contribution in [0.1, 0.15) is 26.3 Å². The summed E-state index contributed by atoms with van der Waals surface area (Å²) in [6.45, 7) is 7.91. The minimum atomic E-state index is -0.161. The van der Waals surface area contributed by atoms with Crippen LogP contribution >= 0.6 is 15.9 Å². The monoisotopic (exact) mass is 273 g/mol. The van der Waals surface area contributed by atoms with Gasteiger partial charge in [-0.1, -0.05) is 42.8 Å². The number of halogens is 2. The number of hydrogen-bond donors (Lipinski definition) is 1. The highest BCUT2D eigenvalue weighted by atomic mass is 79.9. The van der Waals surface area contributed by atoms with E-state index in [1.54, 1.807) is 6.07 Å². The number of nitrogens with one attached hydrogen (secondary N) is 1. The molecular formula is C12H17BrFN. The summed E-state index contributed by atoms with van der Waals surface area (Å²) in [6, 6.07) is 5.15. The normalized spacial score (nSPS) is 11.8. The molecule has 0 unspecified atom stereocenters. The molecule has 0 atom stereocenters. The Kier molecular flexibility index (Phi) is 4.29. The molecular weight excluding hydrogens is 257 g/mol. The Balaban J connectivity index is 2.51. The lowest BCUT2D eigenvalue weighted by Crippen LogP contribution is -2.26. The molecule has 1 nitrogen and oxygen atoms in total. The van der Waals surface area contributed by atoms with Gasteiger partial charge in [-0.15, -0.1) is 0 Å². The van der Waals surface area contributed by atoms with Crippen LogP contribution in [0.25, 0.3) is 0 Å². The van der Waals surface area contributed by atoms with Crippen molar-refractivity contribution in [3.63, 3.8) is 0 Å². The van der Waals surface area contributed by atoms with Crippen LogP contribution in [0.4, 0.5) is 4.39 Å². The molecule has 0 radical (unpaired) electrons. The van der Waals surface area contributed by atoms with Gasteiger partial charge in [-0.25, -0.2) is 4.39 Å². The first-order valence-corrected chi connectivity index (χ1v) is 5.82. The molecule has 15 heavy (non-hydrogen) atoms. The molecule has 0 aliphatic heterocycles. The van der Waals surface area contributed by atoms with Crippen molar-refractivity contribution in [1.82, 2.24) is 5.32 Å². The first-order chi connectivity index (χ1) is 6.88. The molecule has 0 aliphatic rings. The average molecular weight is 274 g/mol. The van der Waals surface area contributed by atoms with Crippen LogP contribution in [0.15, 0.2) is 22.7 Å². The van der Waals surface area contributed by atoms with Gasteiger partial charge in [0.25, 0.3) is 0 Å². The molecule has 0 aromatic heterocycles. The largest absolute Gasteiger partial charge is 0.312 e. The van der Waals surface area contributed by atoms with E-state index in [2.05, 4.69) is 42.0 Å². The van der Waals surface area contributed by atoms with Crippen molar-refractivity contribution < 1.29 is 4.39 Å². The van der Waals surface area contributed by atoms with Crippen LogP contribution in [0.3, 0.4) is 0 Å². The van der Waals surface area contributed by atoms with E-state index in [0.717, 1.165) is 11.0 Å². The molecule has 0 fully saturated rings. The molecule has 0 heterocycles. The van der Waals surface area contributed by atoms with Crippen LogP contribution in [-0.4, -0.2) is 6.54 Å². The highest BCUT2D eigenvalue weighted by molar-refractivity contribution is 9.10. The van der Waals surface area contributed by atoms with Gasteiger partial charge in [0.05, 0.1) is 0 Å². The van der Waals surface area contributed by atoms with Crippen LogP contribution in [0, 0.1) is 11.2 Å². The summed E-state index contributed by atoms with van der Waals surface area (Å²) >= 11 is 3.24. The summed E-state index contributed by atoms with van der Waals surface area (Å²) in [7, 11) is 0. The lowest BCUT2D eigenvalue weighted by atomic mass is 9.97. The topological polar surface area (TPSA) is 12.0 Å². The van der Waals surface area contributed by atoms with Gasteiger partial charge in [-0.05, 0) is 17.5 Å². The van der Waals surface area contributed by atoms with Crippen molar-refractivity contribution in [3.05, 3.63) is 34.1 Å². The molecule has 1 aromatic rings. The molecule has 3 heteroatoms. The van der Waals surface area contributed by atoms with E-state index in [0.29, 0.717) is 12.1 Å². The second-order valence-corrected chi connectivity index (χ2v) is 5.82. The predicted octanol–water partition coefficient (Wildman–Crippen LogP) is 3.72. The van der Waals surface area contributed by atoms with E-state index in [9.17, 15) is 4.39 Å². The Hall–Kier alpha value is -0.410. The van der Waals surface area contributed by atoms with Crippen LogP contribution in [0.5, 0.6) is 0 Å². The van der Waals surface area contributed by atoms with Gasteiger partial charge >= 0.3 is 0 Å². The fraction of sp³-hybridized carbons (Fsp3) is 0.500. The molecule has 1 N–H and O–H groups in total. The molecule has 1 aromatic carbocycles. The maximum absolute atomic E-state index is 13.4. The van der Waals surface area contributed by atoms with E-state index in [4.69, 9.17) is 0 Å². The zero-order valence-electron chi connectivity index (χ0n) is 9.40. The number of benzene rings is 1. The maximum Gasteiger partial charge on any atom is 0.128 e. The zero-order valence-corrected chi connectivity index (χ0v) is 11.0. The fourth-order valence-corrected chi connectivity index (χ4v) is 1.57. The summed E-state index contributed by atoms with van der Waals surface area (Å²) in [5, 5.41) is 3.25. The Morgan fingerprint density at radius 2 is 2.00 bits per heavy atom. The standard InChI is InChI=1S/C12H17BrFN/c1-12(2,3)8-15-7-9-4-5-10(13)6-11(9)14/h4-6,15H,7-8H2,1-3H3. The van der Waals surface area contributed by atoms with Crippen molar-refractivity contribution in [1.29, 1.82) is 0 Å². The minimum absolute atomic E-state index is 0.161. The molecule has 0 spiro atoms. The Morgan fingerprint density at radius 1 is 1.33 bits per heavy atom. The molecule has 0 saturated heterocycles. The van der Waals surface area contributed by atoms with Crippen molar-refractivity contribution >= 4 is 15.9 Å². The molecule has 0 saturated carbocycles. The van der Waals surface area contributed by atoms with Gasteiger partial charge in [0, 0.05) is 23.1 Å². The van der Waals surface area contributed by atoms with E-state index in [-0.39, 0.29) is 11.2 Å². The van der Waals surface area contributed by atoms with Gasteiger partial charge in [0.2, 0.25) is 0 Å². The van der Waals surface area contributed by atoms with E-state index < -0.39 is 0 Å². The number of rotatable bonds is 3. The quantitative estimate of drug-likeness (QED) is 0.885. The van der Waals surface area contributed by atoms with Gasteiger partial charge < -0.3 is 5.32 Å². The smallest absolute Gasteiger partial charge is 0.128 e. The van der Waals surface area contributed by atoms with Crippen molar-refractivity contribution in [2.24, 2.45) is 5.41 Å². The van der Waals surface area contributed by atoms with Gasteiger partial charge in [0.15, 0.2) is 0 Å². The van der Waals surface area contributed by atoms with Crippen LogP contribution in [-0.2, 0) is 6.54 Å². The Bertz CT molecular complexity index is 331. The fourth-order valence-electron chi connectivity index (χ4n) is 1.24. The maximum atomic E-state index is 13.4. The first-order valence-electron chi connectivity index (χ1n) is 5.03. The van der Waals surface area contributed by atoms with Crippen LogP contribution < -0.4 is 5.32 Å². The average Bonchev–Trinajstić information content (AvgIpc) is 2.07. The SMILES string of the molecule is CC(C)(C)CNCc1ccc(Br)cc1F. The molecule has 84 valence electrons. The third-order valence-electron chi connectivity index (χ3n) is 1.99. The highest BCUT2D eigenvalue weighted by Gasteiger charge is 2.09. The van der Waals surface area contributed by atoms with Crippen LogP contribution in [0.2, 0.25) is 0 Å². The Labute approximate surface area is 99.2 Å². The minimum Gasteiger partial charge on any atom is -0.312 e. The second kappa shape index (κ2) is 5.08. The van der Waals surface area contributed by atoms with Crippen molar-refractivity contribution in [2.75, 3.05) is 6.54 Å². The third-order valence-corrected chi connectivity index (χ3v) is 2.48. The van der Waals surface area contributed by atoms with E-state index in [1.807, 2.05) is 6.07 Å². The zero-order chi connectivity index (χ0) is 11.5. The summed E-state index contributed by atoms with van der Waals surface area (Å²) in [4.78, 5) is 0. The lowest BCUT2D eigenvalue weighted by Gasteiger charge is -2.18. The molecule has 0 bridgehead atoms. The van der Waals surface area contributed by atoms with E-state index >= 15 is 0 Å². The Morgan fingerprint density at radius 3 is 2.53 bits per heavy atom. The molecule has 0 aliphatic carbocycles. The summed E-state index contributed by atoms with van der Waals surface area (Å²) in [5.41, 5.74) is 0.939. The summed E-state index contributed by atoms with van der Waals surface area (Å²) in [5.74, 6) is -0.161. The van der Waals surface area contributed by atoms with Gasteiger partial charge in [-0.2, -0.15) is 0 Å². The third kappa shape index (κ3) is 4.76.